The van der Waals surface area contributed by atoms with Crippen LogP contribution in [0.2, 0.25) is 0 Å². The minimum atomic E-state index is -0.754. The smallest absolute Gasteiger partial charge is 0.311 e. The molecule has 1 aromatic carbocycles. The summed E-state index contributed by atoms with van der Waals surface area (Å²) < 4.78 is 0.983. The van der Waals surface area contributed by atoms with E-state index in [0.29, 0.717) is 0 Å². The lowest BCUT2D eigenvalue weighted by Gasteiger charge is -2.18. The summed E-state index contributed by atoms with van der Waals surface area (Å²) in [5.74, 6) is -1.07. The highest BCUT2D eigenvalue weighted by Crippen LogP contribution is 2.29. The third-order valence-corrected chi connectivity index (χ3v) is 2.99. The maximum Gasteiger partial charge on any atom is 0.311 e. The summed E-state index contributed by atoms with van der Waals surface area (Å²) in [5.41, 5.74) is 1.92. The summed E-state index contributed by atoms with van der Waals surface area (Å²) in [5, 5.41) is 9.18. The largest absolute Gasteiger partial charge is 0.481 e. The molecule has 1 unspecified atom stereocenters. The van der Waals surface area contributed by atoms with Gasteiger partial charge in [-0.25, -0.2) is 0 Å². The molecule has 1 rings (SSSR count). The molecule has 1 N–H and O–H groups in total. The molecule has 0 saturated carbocycles. The van der Waals surface area contributed by atoms with E-state index in [4.69, 9.17) is 0 Å². The molecule has 2 nitrogen and oxygen atoms in total. The summed E-state index contributed by atoms with van der Waals surface area (Å²) in [4.78, 5) is 11.2. The number of benzene rings is 1. The Morgan fingerprint density at radius 3 is 2.40 bits per heavy atom. The third kappa shape index (κ3) is 2.81. The first kappa shape index (κ1) is 12.2. The fourth-order valence-electron chi connectivity index (χ4n) is 1.77. The summed E-state index contributed by atoms with van der Waals surface area (Å²) in [6.07, 6.45) is 0. The molecule has 0 aliphatic rings. The van der Waals surface area contributed by atoms with Gasteiger partial charge in [0.2, 0.25) is 0 Å². The van der Waals surface area contributed by atoms with E-state index < -0.39 is 11.9 Å². The average molecular weight is 271 g/mol. The first-order chi connectivity index (χ1) is 6.93. The Balaban J connectivity index is 3.17. The molecule has 0 spiro atoms. The van der Waals surface area contributed by atoms with E-state index in [1.165, 1.54) is 0 Å². The third-order valence-electron chi connectivity index (χ3n) is 2.50. The van der Waals surface area contributed by atoms with Gasteiger partial charge in [-0.2, -0.15) is 0 Å². The highest BCUT2D eigenvalue weighted by Gasteiger charge is 2.24. The van der Waals surface area contributed by atoms with Crippen molar-refractivity contribution in [2.45, 2.75) is 26.7 Å². The molecule has 0 radical (unpaired) electrons. The lowest BCUT2D eigenvalue weighted by molar-refractivity contribution is -0.139. The Bertz CT molecular complexity index is 372. The van der Waals surface area contributed by atoms with Gasteiger partial charge in [0.15, 0.2) is 0 Å². The lowest BCUT2D eigenvalue weighted by Crippen LogP contribution is -2.18. The van der Waals surface area contributed by atoms with Crippen molar-refractivity contribution in [3.63, 3.8) is 0 Å². The van der Waals surface area contributed by atoms with Gasteiger partial charge in [-0.3, -0.25) is 4.79 Å². The minimum absolute atomic E-state index is 0.0994. The molecule has 0 aliphatic heterocycles. The van der Waals surface area contributed by atoms with Crippen LogP contribution in [0.15, 0.2) is 22.7 Å². The SMILES string of the molecule is Cc1cc(Br)ccc1C(C(=O)O)C(C)C. The van der Waals surface area contributed by atoms with E-state index in [1.54, 1.807) is 0 Å². The Hall–Kier alpha value is -0.830. The van der Waals surface area contributed by atoms with Crippen LogP contribution in [0, 0.1) is 12.8 Å². The Labute approximate surface area is 98.4 Å². The molecule has 0 aromatic heterocycles. The van der Waals surface area contributed by atoms with Crippen LogP contribution in [0.25, 0.3) is 0 Å². The maximum absolute atomic E-state index is 11.2. The van der Waals surface area contributed by atoms with E-state index in [9.17, 15) is 9.90 Å². The van der Waals surface area contributed by atoms with Crippen LogP contribution in [-0.2, 0) is 4.79 Å². The Morgan fingerprint density at radius 1 is 1.40 bits per heavy atom. The molecule has 15 heavy (non-hydrogen) atoms. The molecule has 0 bridgehead atoms. The number of carboxylic acid groups (broad SMARTS) is 1. The van der Waals surface area contributed by atoms with Gasteiger partial charge in [0.05, 0.1) is 5.92 Å². The van der Waals surface area contributed by atoms with E-state index in [1.807, 2.05) is 39.0 Å². The first-order valence-corrected chi connectivity index (χ1v) is 5.71. The fraction of sp³-hybridized carbons (Fsp3) is 0.417. The molecular formula is C12H15BrO2. The molecule has 1 atom stereocenters. The van der Waals surface area contributed by atoms with Crippen molar-refractivity contribution >= 4 is 21.9 Å². The molecule has 0 saturated heterocycles. The van der Waals surface area contributed by atoms with Crippen LogP contribution in [-0.4, -0.2) is 11.1 Å². The zero-order valence-electron chi connectivity index (χ0n) is 9.12. The number of carboxylic acids is 1. The standard InChI is InChI=1S/C12H15BrO2/c1-7(2)11(12(14)15)10-5-4-9(13)6-8(10)3/h4-7,11H,1-3H3,(H,14,15). The van der Waals surface area contributed by atoms with Crippen molar-refractivity contribution < 1.29 is 9.90 Å². The quantitative estimate of drug-likeness (QED) is 0.912. The molecule has 1 aromatic rings. The van der Waals surface area contributed by atoms with Gasteiger partial charge in [0.25, 0.3) is 0 Å². The first-order valence-electron chi connectivity index (χ1n) is 4.92. The monoisotopic (exact) mass is 270 g/mol. The van der Waals surface area contributed by atoms with Gasteiger partial charge >= 0.3 is 5.97 Å². The molecule has 0 amide bonds. The number of hydrogen-bond acceptors (Lipinski definition) is 1. The van der Waals surface area contributed by atoms with Crippen molar-refractivity contribution in [3.8, 4) is 0 Å². The van der Waals surface area contributed by atoms with Crippen LogP contribution in [0.3, 0.4) is 0 Å². The summed E-state index contributed by atoms with van der Waals surface area (Å²) in [7, 11) is 0. The summed E-state index contributed by atoms with van der Waals surface area (Å²) in [6.45, 7) is 5.80. The zero-order chi connectivity index (χ0) is 11.6. The number of hydrogen-bond donors (Lipinski definition) is 1. The van der Waals surface area contributed by atoms with Gasteiger partial charge in [-0.05, 0) is 36.1 Å². The van der Waals surface area contributed by atoms with Crippen molar-refractivity contribution in [1.82, 2.24) is 0 Å². The van der Waals surface area contributed by atoms with Gasteiger partial charge in [-0.1, -0.05) is 35.8 Å². The predicted molar refractivity (Wildman–Crippen MR) is 64.1 cm³/mol. The maximum atomic E-state index is 11.2. The molecule has 0 aliphatic carbocycles. The summed E-state index contributed by atoms with van der Waals surface area (Å²) in [6, 6.07) is 5.73. The predicted octanol–water partition coefficient (Wildman–Crippen LogP) is 3.58. The van der Waals surface area contributed by atoms with Gasteiger partial charge in [0, 0.05) is 4.47 Å². The summed E-state index contributed by atoms with van der Waals surface area (Å²) >= 11 is 3.37. The molecule has 82 valence electrons. The molecular weight excluding hydrogens is 256 g/mol. The number of halogens is 1. The van der Waals surface area contributed by atoms with Crippen LogP contribution < -0.4 is 0 Å². The lowest BCUT2D eigenvalue weighted by atomic mass is 9.86. The topological polar surface area (TPSA) is 37.3 Å². The number of aryl methyl sites for hydroxylation is 1. The second-order valence-electron chi connectivity index (χ2n) is 4.06. The van der Waals surface area contributed by atoms with Crippen LogP contribution in [0.5, 0.6) is 0 Å². The van der Waals surface area contributed by atoms with Crippen LogP contribution >= 0.6 is 15.9 Å². The Kier molecular flexibility index (Phi) is 3.91. The van der Waals surface area contributed by atoms with E-state index in [0.717, 1.165) is 15.6 Å². The molecule has 3 heteroatoms. The van der Waals surface area contributed by atoms with E-state index >= 15 is 0 Å². The van der Waals surface area contributed by atoms with Crippen LogP contribution in [0.1, 0.15) is 30.9 Å². The van der Waals surface area contributed by atoms with E-state index in [2.05, 4.69) is 15.9 Å². The normalized spacial score (nSPS) is 12.9. The highest BCUT2D eigenvalue weighted by molar-refractivity contribution is 9.10. The Morgan fingerprint density at radius 2 is 2.00 bits per heavy atom. The van der Waals surface area contributed by atoms with Crippen molar-refractivity contribution in [1.29, 1.82) is 0 Å². The fourth-order valence-corrected chi connectivity index (χ4v) is 2.24. The van der Waals surface area contributed by atoms with Crippen molar-refractivity contribution in [2.75, 3.05) is 0 Å². The highest BCUT2D eigenvalue weighted by atomic mass is 79.9. The van der Waals surface area contributed by atoms with E-state index in [-0.39, 0.29) is 5.92 Å². The second kappa shape index (κ2) is 4.79. The van der Waals surface area contributed by atoms with Gasteiger partial charge in [0.1, 0.15) is 0 Å². The van der Waals surface area contributed by atoms with Crippen molar-refractivity contribution in [2.24, 2.45) is 5.92 Å². The number of rotatable bonds is 3. The molecule has 0 heterocycles. The number of carbonyl (C=O) groups is 1. The van der Waals surface area contributed by atoms with Crippen LogP contribution in [0.4, 0.5) is 0 Å². The second-order valence-corrected chi connectivity index (χ2v) is 4.98. The van der Waals surface area contributed by atoms with Gasteiger partial charge < -0.3 is 5.11 Å². The average Bonchev–Trinajstić information content (AvgIpc) is 2.08. The molecule has 0 fully saturated rings. The zero-order valence-corrected chi connectivity index (χ0v) is 10.7. The van der Waals surface area contributed by atoms with Gasteiger partial charge in [-0.15, -0.1) is 0 Å². The number of aliphatic carboxylic acids is 1. The minimum Gasteiger partial charge on any atom is -0.481 e. The van der Waals surface area contributed by atoms with Crippen molar-refractivity contribution in [3.05, 3.63) is 33.8 Å².